The van der Waals surface area contributed by atoms with Crippen molar-refractivity contribution in [3.8, 4) is 23.0 Å². The maximum atomic E-state index is 12.2. The molecule has 3 aromatic rings. The van der Waals surface area contributed by atoms with E-state index in [-0.39, 0.29) is 25.1 Å². The molecule has 0 saturated heterocycles. The molecule has 0 atom stereocenters. The Kier molecular flexibility index (Phi) is 5.90. The molecule has 7 nitrogen and oxygen atoms in total. The van der Waals surface area contributed by atoms with E-state index in [2.05, 4.69) is 21.2 Å². The van der Waals surface area contributed by atoms with Crippen LogP contribution < -0.4 is 24.3 Å². The average molecular weight is 460 g/mol. The molecule has 2 heterocycles. The predicted molar refractivity (Wildman–Crippen MR) is 108 cm³/mol. The molecule has 0 radical (unpaired) electrons. The van der Waals surface area contributed by atoms with E-state index in [1.807, 2.05) is 24.3 Å². The number of ether oxygens (including phenoxy) is 4. The number of fused-ring (bicyclic) bond motifs is 1. The maximum Gasteiger partial charge on any atom is 0.287 e. The predicted octanol–water partition coefficient (Wildman–Crippen LogP) is 4.16. The highest BCUT2D eigenvalue weighted by molar-refractivity contribution is 9.10. The first-order chi connectivity index (χ1) is 14.2. The quantitative estimate of drug-likeness (QED) is 0.509. The molecule has 2 aromatic carbocycles. The second-order valence-electron chi connectivity index (χ2n) is 6.13. The molecular weight excluding hydrogens is 442 g/mol. The third kappa shape index (κ3) is 5.03. The van der Waals surface area contributed by atoms with Gasteiger partial charge < -0.3 is 28.7 Å². The highest BCUT2D eigenvalue weighted by Gasteiger charge is 2.14. The number of furan rings is 1. The van der Waals surface area contributed by atoms with Crippen molar-refractivity contribution in [3.05, 3.63) is 70.6 Å². The first kappa shape index (κ1) is 19.2. The SMILES string of the molecule is O=C(NCCOc1ccc2c(c1)OCO2)c1ccc(COc2cccc(Br)c2)o1. The molecule has 150 valence electrons. The van der Waals surface area contributed by atoms with Gasteiger partial charge in [-0.3, -0.25) is 4.79 Å². The smallest absolute Gasteiger partial charge is 0.287 e. The molecule has 4 rings (SSSR count). The van der Waals surface area contributed by atoms with Gasteiger partial charge in [-0.1, -0.05) is 22.0 Å². The van der Waals surface area contributed by atoms with E-state index in [0.717, 1.165) is 4.47 Å². The Balaban J connectivity index is 1.21. The summed E-state index contributed by atoms with van der Waals surface area (Å²) < 4.78 is 28.3. The number of carbonyl (C=O) groups is 1. The maximum absolute atomic E-state index is 12.2. The van der Waals surface area contributed by atoms with E-state index >= 15 is 0 Å². The van der Waals surface area contributed by atoms with Crippen LogP contribution in [-0.4, -0.2) is 25.9 Å². The van der Waals surface area contributed by atoms with Gasteiger partial charge in [0.05, 0.1) is 6.54 Å². The summed E-state index contributed by atoms with van der Waals surface area (Å²) in [5.74, 6) is 3.18. The molecule has 0 bridgehead atoms. The van der Waals surface area contributed by atoms with E-state index in [4.69, 9.17) is 23.4 Å². The summed E-state index contributed by atoms with van der Waals surface area (Å²) in [6.07, 6.45) is 0. The number of hydrogen-bond donors (Lipinski definition) is 1. The molecule has 1 N–H and O–H groups in total. The van der Waals surface area contributed by atoms with Crippen LogP contribution in [0.3, 0.4) is 0 Å². The van der Waals surface area contributed by atoms with Gasteiger partial charge in [-0.15, -0.1) is 0 Å². The molecule has 8 heteroatoms. The molecule has 1 aliphatic heterocycles. The second-order valence-corrected chi connectivity index (χ2v) is 7.05. The lowest BCUT2D eigenvalue weighted by atomic mass is 10.3. The van der Waals surface area contributed by atoms with E-state index in [0.29, 0.717) is 41.9 Å². The van der Waals surface area contributed by atoms with Crippen molar-refractivity contribution in [1.29, 1.82) is 0 Å². The zero-order valence-electron chi connectivity index (χ0n) is 15.4. The summed E-state index contributed by atoms with van der Waals surface area (Å²) in [6, 6.07) is 16.2. The molecule has 0 aliphatic carbocycles. The van der Waals surface area contributed by atoms with Crippen LogP contribution in [0.15, 0.2) is 63.5 Å². The molecule has 1 aromatic heterocycles. The van der Waals surface area contributed by atoms with Gasteiger partial charge >= 0.3 is 0 Å². The fourth-order valence-electron chi connectivity index (χ4n) is 2.68. The molecule has 0 saturated carbocycles. The van der Waals surface area contributed by atoms with Crippen molar-refractivity contribution in [2.24, 2.45) is 0 Å². The number of hydrogen-bond acceptors (Lipinski definition) is 6. The van der Waals surface area contributed by atoms with E-state index in [1.54, 1.807) is 30.3 Å². The number of amides is 1. The fraction of sp³-hybridized carbons (Fsp3) is 0.190. The standard InChI is InChI=1S/C21H18BrNO6/c22-14-2-1-3-15(10-14)26-12-17-5-7-19(29-17)21(24)23-8-9-25-16-4-6-18-20(11-16)28-13-27-18/h1-7,10-11H,8-9,12-13H2,(H,23,24). The summed E-state index contributed by atoms with van der Waals surface area (Å²) >= 11 is 3.39. The van der Waals surface area contributed by atoms with Crippen molar-refractivity contribution < 1.29 is 28.2 Å². The molecule has 0 spiro atoms. The lowest BCUT2D eigenvalue weighted by Crippen LogP contribution is -2.27. The van der Waals surface area contributed by atoms with Crippen LogP contribution in [0.4, 0.5) is 0 Å². The van der Waals surface area contributed by atoms with E-state index < -0.39 is 0 Å². The van der Waals surface area contributed by atoms with Crippen LogP contribution in [0.2, 0.25) is 0 Å². The van der Waals surface area contributed by atoms with Gasteiger partial charge in [-0.2, -0.15) is 0 Å². The Morgan fingerprint density at radius 3 is 2.76 bits per heavy atom. The van der Waals surface area contributed by atoms with Gasteiger partial charge in [0.25, 0.3) is 5.91 Å². The number of halogens is 1. The Bertz CT molecular complexity index is 1000. The van der Waals surface area contributed by atoms with Crippen LogP contribution in [0, 0.1) is 0 Å². The lowest BCUT2D eigenvalue weighted by Gasteiger charge is -2.07. The molecule has 1 aliphatic rings. The van der Waals surface area contributed by atoms with E-state index in [1.165, 1.54) is 0 Å². The Morgan fingerprint density at radius 2 is 1.86 bits per heavy atom. The number of carbonyl (C=O) groups excluding carboxylic acids is 1. The van der Waals surface area contributed by atoms with Crippen LogP contribution in [-0.2, 0) is 6.61 Å². The van der Waals surface area contributed by atoms with Gasteiger partial charge in [0.15, 0.2) is 17.3 Å². The van der Waals surface area contributed by atoms with Crippen LogP contribution in [0.25, 0.3) is 0 Å². The number of benzene rings is 2. The minimum absolute atomic E-state index is 0.216. The topological polar surface area (TPSA) is 79.2 Å². The van der Waals surface area contributed by atoms with Crippen molar-refractivity contribution >= 4 is 21.8 Å². The van der Waals surface area contributed by atoms with Crippen LogP contribution in [0.5, 0.6) is 23.0 Å². The first-order valence-electron chi connectivity index (χ1n) is 8.95. The van der Waals surface area contributed by atoms with Crippen molar-refractivity contribution in [1.82, 2.24) is 5.32 Å². The minimum atomic E-state index is -0.312. The Hall–Kier alpha value is -3.13. The van der Waals surface area contributed by atoms with Crippen molar-refractivity contribution in [3.63, 3.8) is 0 Å². The summed E-state index contributed by atoms with van der Waals surface area (Å²) in [5, 5.41) is 2.76. The van der Waals surface area contributed by atoms with Crippen molar-refractivity contribution in [2.45, 2.75) is 6.61 Å². The van der Waals surface area contributed by atoms with E-state index in [9.17, 15) is 4.79 Å². The van der Waals surface area contributed by atoms with Crippen LogP contribution in [0.1, 0.15) is 16.3 Å². The second kappa shape index (κ2) is 8.91. The monoisotopic (exact) mass is 459 g/mol. The van der Waals surface area contributed by atoms with Gasteiger partial charge in [-0.25, -0.2) is 0 Å². The summed E-state index contributed by atoms with van der Waals surface area (Å²) in [4.78, 5) is 12.2. The molecule has 0 fully saturated rings. The zero-order valence-corrected chi connectivity index (χ0v) is 16.9. The number of nitrogens with one attached hydrogen (secondary N) is 1. The highest BCUT2D eigenvalue weighted by Crippen LogP contribution is 2.35. The number of rotatable bonds is 8. The highest BCUT2D eigenvalue weighted by atomic mass is 79.9. The largest absolute Gasteiger partial charge is 0.492 e. The van der Waals surface area contributed by atoms with Crippen molar-refractivity contribution in [2.75, 3.05) is 19.9 Å². The van der Waals surface area contributed by atoms with Gasteiger partial charge in [0.2, 0.25) is 6.79 Å². The third-order valence-electron chi connectivity index (χ3n) is 4.06. The molecule has 1 amide bonds. The minimum Gasteiger partial charge on any atom is -0.492 e. The lowest BCUT2D eigenvalue weighted by molar-refractivity contribution is 0.0915. The fourth-order valence-corrected chi connectivity index (χ4v) is 3.05. The van der Waals surface area contributed by atoms with Gasteiger partial charge in [0, 0.05) is 10.5 Å². The third-order valence-corrected chi connectivity index (χ3v) is 4.56. The first-order valence-corrected chi connectivity index (χ1v) is 9.74. The summed E-state index contributed by atoms with van der Waals surface area (Å²) in [5.41, 5.74) is 0. The molecular formula is C21H18BrNO6. The Labute approximate surface area is 175 Å². The normalized spacial score (nSPS) is 11.9. The Morgan fingerprint density at radius 1 is 1.00 bits per heavy atom. The van der Waals surface area contributed by atoms with Gasteiger partial charge in [0.1, 0.15) is 30.5 Å². The molecule has 29 heavy (non-hydrogen) atoms. The summed E-state index contributed by atoms with van der Waals surface area (Å²) in [6.45, 7) is 1.09. The summed E-state index contributed by atoms with van der Waals surface area (Å²) in [7, 11) is 0. The zero-order chi connectivity index (χ0) is 20.1. The van der Waals surface area contributed by atoms with Crippen LogP contribution >= 0.6 is 15.9 Å². The molecule has 0 unspecified atom stereocenters. The van der Waals surface area contributed by atoms with Gasteiger partial charge in [-0.05, 0) is 42.5 Å². The average Bonchev–Trinajstić information content (AvgIpc) is 3.38.